The molecule has 0 bridgehead atoms. The second kappa shape index (κ2) is 14.2. The molecule has 3 unspecified atom stereocenters. The van der Waals surface area contributed by atoms with E-state index in [0.29, 0.717) is 23.4 Å². The molecule has 0 saturated carbocycles. The molecule has 0 aliphatic rings. The largest absolute Gasteiger partial charge is 0.497 e. The summed E-state index contributed by atoms with van der Waals surface area (Å²) in [5.41, 5.74) is 1.35. The first-order valence-corrected chi connectivity index (χ1v) is 13.1. The number of rotatable bonds is 11. The van der Waals surface area contributed by atoms with Gasteiger partial charge in [-0.1, -0.05) is 51.5 Å². The van der Waals surface area contributed by atoms with Crippen LogP contribution in [0.1, 0.15) is 65.1 Å². The molecule has 39 heavy (non-hydrogen) atoms. The number of amides is 3. The Balaban J connectivity index is 2.52. The molecule has 2 aromatic rings. The van der Waals surface area contributed by atoms with Crippen LogP contribution in [0.5, 0.6) is 5.75 Å². The smallest absolute Gasteiger partial charge is 0.408 e. The van der Waals surface area contributed by atoms with Gasteiger partial charge in [0.2, 0.25) is 5.91 Å². The minimum atomic E-state index is -1.13. The predicted molar refractivity (Wildman–Crippen MR) is 150 cm³/mol. The highest BCUT2D eigenvalue weighted by molar-refractivity contribution is 5.99. The summed E-state index contributed by atoms with van der Waals surface area (Å²) in [6.45, 7) is 10.6. The molecule has 3 amide bonds. The number of nitriles is 1. The zero-order valence-electron chi connectivity index (χ0n) is 23.9. The third kappa shape index (κ3) is 9.02. The summed E-state index contributed by atoms with van der Waals surface area (Å²) < 4.78 is 10.6. The lowest BCUT2D eigenvalue weighted by Gasteiger charge is -2.34. The van der Waals surface area contributed by atoms with Crippen molar-refractivity contribution in [3.05, 3.63) is 59.7 Å². The Kier molecular flexibility index (Phi) is 11.3. The molecule has 0 fully saturated rings. The standard InChI is InChI=1S/C30H40N4O5/c1-8-20(3)25(33-29(37)39-30(4,5)6)28(36)34(19-18-31)26(22-12-10-21(9-2)11-13-22)27(35)32-23-14-16-24(38-7)17-15-23/h10-17,20,25-26H,8-9,19H2,1-7H3,(H,32,35)(H,33,37). The van der Waals surface area contributed by atoms with Crippen LogP contribution < -0.4 is 15.4 Å². The number of hydrogen-bond acceptors (Lipinski definition) is 6. The van der Waals surface area contributed by atoms with Gasteiger partial charge in [0.15, 0.2) is 0 Å². The maximum absolute atomic E-state index is 14.0. The van der Waals surface area contributed by atoms with E-state index in [1.165, 1.54) is 4.90 Å². The number of alkyl carbamates (subject to hydrolysis) is 1. The van der Waals surface area contributed by atoms with Crippen molar-refractivity contribution in [3.8, 4) is 11.8 Å². The topological polar surface area (TPSA) is 121 Å². The fourth-order valence-corrected chi connectivity index (χ4v) is 3.96. The zero-order valence-corrected chi connectivity index (χ0v) is 23.9. The van der Waals surface area contributed by atoms with Crippen LogP contribution in [0.4, 0.5) is 10.5 Å². The molecular formula is C30H40N4O5. The molecule has 0 radical (unpaired) electrons. The summed E-state index contributed by atoms with van der Waals surface area (Å²) in [5.74, 6) is -0.705. The fraction of sp³-hybridized carbons (Fsp3) is 0.467. The van der Waals surface area contributed by atoms with E-state index < -0.39 is 35.6 Å². The van der Waals surface area contributed by atoms with E-state index in [1.807, 2.05) is 39.0 Å². The number of methoxy groups -OCH3 is 1. The van der Waals surface area contributed by atoms with Crippen molar-refractivity contribution in [3.63, 3.8) is 0 Å². The molecule has 0 spiro atoms. The summed E-state index contributed by atoms with van der Waals surface area (Å²) in [7, 11) is 1.55. The number of hydrogen-bond donors (Lipinski definition) is 2. The van der Waals surface area contributed by atoms with E-state index in [-0.39, 0.29) is 12.5 Å². The molecule has 0 aromatic heterocycles. The third-order valence-corrected chi connectivity index (χ3v) is 6.30. The molecule has 0 heterocycles. The SMILES string of the molecule is CCc1ccc(C(C(=O)Nc2ccc(OC)cc2)N(CC#N)C(=O)C(NC(=O)OC(C)(C)C)C(C)CC)cc1. The van der Waals surface area contributed by atoms with Crippen LogP contribution >= 0.6 is 0 Å². The first-order valence-electron chi connectivity index (χ1n) is 13.1. The van der Waals surface area contributed by atoms with Crippen LogP contribution in [0.2, 0.25) is 0 Å². The van der Waals surface area contributed by atoms with Crippen LogP contribution in [0.15, 0.2) is 48.5 Å². The Morgan fingerprint density at radius 3 is 2.13 bits per heavy atom. The van der Waals surface area contributed by atoms with Gasteiger partial charge in [0, 0.05) is 5.69 Å². The van der Waals surface area contributed by atoms with Gasteiger partial charge in [0.1, 0.15) is 30.0 Å². The molecule has 2 aromatic carbocycles. The number of benzene rings is 2. The van der Waals surface area contributed by atoms with Gasteiger partial charge in [-0.05, 0) is 68.5 Å². The minimum absolute atomic E-state index is 0.293. The number of nitrogens with one attached hydrogen (secondary N) is 2. The van der Waals surface area contributed by atoms with Gasteiger partial charge in [-0.15, -0.1) is 0 Å². The quantitative estimate of drug-likeness (QED) is 0.380. The molecule has 0 saturated heterocycles. The summed E-state index contributed by atoms with van der Waals surface area (Å²) >= 11 is 0. The number of anilines is 1. The van der Waals surface area contributed by atoms with E-state index in [4.69, 9.17) is 9.47 Å². The van der Waals surface area contributed by atoms with Crippen molar-refractivity contribution in [2.24, 2.45) is 5.92 Å². The second-order valence-electron chi connectivity index (χ2n) is 10.3. The Hall–Kier alpha value is -4.06. The molecule has 0 aliphatic heterocycles. The highest BCUT2D eigenvalue weighted by atomic mass is 16.6. The lowest BCUT2D eigenvalue weighted by atomic mass is 9.95. The zero-order chi connectivity index (χ0) is 29.2. The van der Waals surface area contributed by atoms with E-state index in [2.05, 4.69) is 10.6 Å². The van der Waals surface area contributed by atoms with Crippen molar-refractivity contribution in [1.29, 1.82) is 5.26 Å². The van der Waals surface area contributed by atoms with Gasteiger partial charge in [-0.25, -0.2) is 4.79 Å². The van der Waals surface area contributed by atoms with Gasteiger partial charge in [0.05, 0.1) is 13.2 Å². The Morgan fingerprint density at radius 2 is 1.64 bits per heavy atom. The molecule has 9 heteroatoms. The molecule has 9 nitrogen and oxygen atoms in total. The average Bonchev–Trinajstić information content (AvgIpc) is 2.90. The van der Waals surface area contributed by atoms with E-state index in [1.54, 1.807) is 64.3 Å². The number of carbonyl (C=O) groups excluding carboxylic acids is 3. The molecule has 0 aliphatic carbocycles. The van der Waals surface area contributed by atoms with E-state index in [9.17, 15) is 19.6 Å². The van der Waals surface area contributed by atoms with Crippen LogP contribution in [0.3, 0.4) is 0 Å². The average molecular weight is 537 g/mol. The first kappa shape index (κ1) is 31.2. The highest BCUT2D eigenvalue weighted by Gasteiger charge is 2.38. The molecular weight excluding hydrogens is 496 g/mol. The number of nitrogens with zero attached hydrogens (tertiary/aromatic N) is 2. The van der Waals surface area contributed by atoms with Gasteiger partial charge < -0.3 is 25.0 Å². The van der Waals surface area contributed by atoms with Crippen molar-refractivity contribution in [2.75, 3.05) is 19.0 Å². The number of carbonyl (C=O) groups is 3. The summed E-state index contributed by atoms with van der Waals surface area (Å²) in [5, 5.41) is 15.2. The third-order valence-electron chi connectivity index (χ3n) is 6.30. The monoisotopic (exact) mass is 536 g/mol. The second-order valence-corrected chi connectivity index (χ2v) is 10.3. The Bertz CT molecular complexity index is 1150. The lowest BCUT2D eigenvalue weighted by Crippen LogP contribution is -2.54. The van der Waals surface area contributed by atoms with E-state index in [0.717, 1.165) is 12.0 Å². The minimum Gasteiger partial charge on any atom is -0.497 e. The maximum atomic E-state index is 14.0. The normalized spacial score (nSPS) is 13.3. The summed E-state index contributed by atoms with van der Waals surface area (Å²) in [6.07, 6.45) is 0.629. The van der Waals surface area contributed by atoms with Gasteiger partial charge in [0.25, 0.3) is 5.91 Å². The molecule has 2 rings (SSSR count). The predicted octanol–water partition coefficient (Wildman–Crippen LogP) is 5.23. The van der Waals surface area contributed by atoms with Crippen LogP contribution in [-0.2, 0) is 20.7 Å². The van der Waals surface area contributed by atoms with Crippen LogP contribution in [-0.4, -0.2) is 48.1 Å². The van der Waals surface area contributed by atoms with Crippen LogP contribution in [0, 0.1) is 17.2 Å². The maximum Gasteiger partial charge on any atom is 0.408 e. The van der Waals surface area contributed by atoms with E-state index >= 15 is 0 Å². The van der Waals surface area contributed by atoms with Crippen LogP contribution in [0.25, 0.3) is 0 Å². The van der Waals surface area contributed by atoms with Crippen molar-refractivity contribution in [2.45, 2.75) is 72.1 Å². The molecule has 3 atom stereocenters. The van der Waals surface area contributed by atoms with Gasteiger partial charge >= 0.3 is 6.09 Å². The van der Waals surface area contributed by atoms with Crippen molar-refractivity contribution in [1.82, 2.24) is 10.2 Å². The summed E-state index contributed by atoms with van der Waals surface area (Å²) in [4.78, 5) is 41.6. The first-order chi connectivity index (χ1) is 18.4. The van der Waals surface area contributed by atoms with Crippen molar-refractivity contribution < 1.29 is 23.9 Å². The lowest BCUT2D eigenvalue weighted by molar-refractivity contribution is -0.141. The van der Waals surface area contributed by atoms with Gasteiger partial charge in [-0.2, -0.15) is 5.26 Å². The highest BCUT2D eigenvalue weighted by Crippen LogP contribution is 2.27. The fourth-order valence-electron chi connectivity index (χ4n) is 3.96. The molecule has 2 N–H and O–H groups in total. The Morgan fingerprint density at radius 1 is 1.03 bits per heavy atom. The van der Waals surface area contributed by atoms with Gasteiger partial charge in [-0.3, -0.25) is 9.59 Å². The Labute approximate surface area is 231 Å². The number of aryl methyl sites for hydroxylation is 1. The van der Waals surface area contributed by atoms with Crippen molar-refractivity contribution >= 4 is 23.6 Å². The molecule has 210 valence electrons. The number of ether oxygens (including phenoxy) is 2. The summed E-state index contributed by atoms with van der Waals surface area (Å²) in [6, 6.07) is 14.0.